The van der Waals surface area contributed by atoms with Gasteiger partial charge in [0, 0.05) is 13.2 Å². The molecule has 1 heterocycles. The van der Waals surface area contributed by atoms with Crippen molar-refractivity contribution in [2.24, 2.45) is 0 Å². The summed E-state index contributed by atoms with van der Waals surface area (Å²) in [4.78, 5) is 18.4. The summed E-state index contributed by atoms with van der Waals surface area (Å²) in [5.41, 5.74) is -0.0925. The largest absolute Gasteiger partial charge is 0.435 e. The second-order valence-corrected chi connectivity index (χ2v) is 7.89. The topological polar surface area (TPSA) is 78.2 Å². The van der Waals surface area contributed by atoms with E-state index in [4.69, 9.17) is 27.9 Å². The van der Waals surface area contributed by atoms with Gasteiger partial charge in [-0.3, -0.25) is 4.79 Å². The van der Waals surface area contributed by atoms with E-state index in [-0.39, 0.29) is 23.4 Å². The minimum atomic E-state index is -0.715. The third-order valence-electron chi connectivity index (χ3n) is 5.20. The molecule has 0 unspecified atom stereocenters. The van der Waals surface area contributed by atoms with E-state index in [9.17, 15) is 10.1 Å². The minimum absolute atomic E-state index is 0.0437. The summed E-state index contributed by atoms with van der Waals surface area (Å²) < 4.78 is 5.80. The molecule has 3 rings (SSSR count). The lowest BCUT2D eigenvalue weighted by Crippen LogP contribution is -2.51. The number of aromatic nitrogens is 1. The number of anilines is 1. The number of likely N-dealkylation sites (N-methyl/N-ethyl adjacent to an activating group) is 1. The fraction of sp³-hybridized carbons (Fsp3) is 0.381. The molecule has 0 spiro atoms. The lowest BCUT2D eigenvalue weighted by Gasteiger charge is -2.39. The number of carbonyl (C=O) groups is 1. The molecule has 6 nitrogen and oxygen atoms in total. The molecule has 1 saturated carbocycles. The number of nitrogens with zero attached hydrogens (tertiary/aromatic N) is 3. The van der Waals surface area contributed by atoms with E-state index in [1.165, 1.54) is 6.20 Å². The number of benzene rings is 1. The number of nitrogens with one attached hydrogen (secondary N) is 1. The van der Waals surface area contributed by atoms with Crippen molar-refractivity contribution in [1.82, 2.24) is 9.88 Å². The van der Waals surface area contributed by atoms with Crippen molar-refractivity contribution in [3.63, 3.8) is 0 Å². The number of para-hydroxylation sites is 2. The fourth-order valence-electron chi connectivity index (χ4n) is 3.47. The average Bonchev–Trinajstić information content (AvgIpc) is 2.74. The van der Waals surface area contributed by atoms with Crippen LogP contribution in [0.5, 0.6) is 11.6 Å². The summed E-state index contributed by atoms with van der Waals surface area (Å²) in [5.74, 6) is 0.553. The van der Waals surface area contributed by atoms with Crippen LogP contribution in [-0.4, -0.2) is 34.9 Å². The third kappa shape index (κ3) is 4.92. The zero-order valence-electron chi connectivity index (χ0n) is 16.1. The van der Waals surface area contributed by atoms with Gasteiger partial charge in [0.15, 0.2) is 5.75 Å². The van der Waals surface area contributed by atoms with E-state index >= 15 is 0 Å². The summed E-state index contributed by atoms with van der Waals surface area (Å²) in [7, 11) is 1.71. The molecular weight excluding hydrogens is 411 g/mol. The van der Waals surface area contributed by atoms with Crippen molar-refractivity contribution < 1.29 is 9.53 Å². The van der Waals surface area contributed by atoms with Crippen molar-refractivity contribution in [2.75, 3.05) is 18.9 Å². The standard InChI is InChI=1S/C21H22Cl2N4O2/c1-27(21(14-24)9-5-2-6-10-21)19(28)13-25-17-7-3-4-8-18(17)29-20-16(23)11-15(22)12-26-20/h3-4,7-8,11-12,25H,2,5-6,9-10,13H2,1H3. The van der Waals surface area contributed by atoms with Crippen LogP contribution in [0, 0.1) is 11.3 Å². The van der Waals surface area contributed by atoms with Crippen LogP contribution in [0.15, 0.2) is 36.5 Å². The van der Waals surface area contributed by atoms with E-state index in [0.717, 1.165) is 19.3 Å². The first-order valence-corrected chi connectivity index (χ1v) is 10.2. The number of halogens is 2. The lowest BCUT2D eigenvalue weighted by atomic mass is 9.81. The highest BCUT2D eigenvalue weighted by Crippen LogP contribution is 2.34. The van der Waals surface area contributed by atoms with Gasteiger partial charge < -0.3 is 15.0 Å². The number of nitriles is 1. The number of hydrogen-bond acceptors (Lipinski definition) is 5. The smallest absolute Gasteiger partial charge is 0.242 e. The highest BCUT2D eigenvalue weighted by atomic mass is 35.5. The maximum Gasteiger partial charge on any atom is 0.242 e. The first-order chi connectivity index (χ1) is 13.9. The maximum atomic E-state index is 12.8. The van der Waals surface area contributed by atoms with E-state index in [1.807, 2.05) is 12.1 Å². The predicted molar refractivity (Wildman–Crippen MR) is 113 cm³/mol. The van der Waals surface area contributed by atoms with Crippen LogP contribution in [0.1, 0.15) is 32.1 Å². The van der Waals surface area contributed by atoms with Gasteiger partial charge >= 0.3 is 0 Å². The van der Waals surface area contributed by atoms with E-state index in [0.29, 0.717) is 29.3 Å². The molecule has 29 heavy (non-hydrogen) atoms. The summed E-state index contributed by atoms with van der Waals surface area (Å²) in [6.45, 7) is 0.0437. The molecule has 1 amide bonds. The van der Waals surface area contributed by atoms with Gasteiger partial charge in [-0.15, -0.1) is 0 Å². The van der Waals surface area contributed by atoms with E-state index in [1.54, 1.807) is 30.1 Å². The molecule has 1 aromatic carbocycles. The molecular formula is C21H22Cl2N4O2. The first kappa shape index (κ1) is 21.2. The summed E-state index contributed by atoms with van der Waals surface area (Å²) in [6.07, 6.45) is 5.91. The Bertz CT molecular complexity index is 923. The SMILES string of the molecule is CN(C(=O)CNc1ccccc1Oc1ncc(Cl)cc1Cl)C1(C#N)CCCCC1. The number of ether oxygens (including phenoxy) is 1. The van der Waals surface area contributed by atoms with Crippen molar-refractivity contribution in [3.05, 3.63) is 46.6 Å². The van der Waals surface area contributed by atoms with Crippen LogP contribution in [-0.2, 0) is 4.79 Å². The van der Waals surface area contributed by atoms with Crippen molar-refractivity contribution in [1.29, 1.82) is 5.26 Å². The quantitative estimate of drug-likeness (QED) is 0.671. The molecule has 1 aliphatic rings. The van der Waals surface area contributed by atoms with Gasteiger partial charge in [0.2, 0.25) is 11.8 Å². The van der Waals surface area contributed by atoms with Gasteiger partial charge in [0.05, 0.1) is 23.3 Å². The lowest BCUT2D eigenvalue weighted by molar-refractivity contribution is -0.132. The van der Waals surface area contributed by atoms with Gasteiger partial charge in [-0.25, -0.2) is 4.98 Å². The van der Waals surface area contributed by atoms with Gasteiger partial charge in [-0.05, 0) is 31.0 Å². The maximum absolute atomic E-state index is 12.8. The highest BCUT2D eigenvalue weighted by molar-refractivity contribution is 6.35. The summed E-state index contributed by atoms with van der Waals surface area (Å²) in [6, 6.07) is 11.1. The Labute approximate surface area is 180 Å². The molecule has 1 aliphatic carbocycles. The predicted octanol–water partition coefficient (Wildman–Crippen LogP) is 5.28. The van der Waals surface area contributed by atoms with E-state index < -0.39 is 5.54 Å². The molecule has 1 aromatic heterocycles. The molecule has 0 saturated heterocycles. The number of hydrogen-bond donors (Lipinski definition) is 1. The molecule has 152 valence electrons. The Morgan fingerprint density at radius 2 is 2.03 bits per heavy atom. The third-order valence-corrected chi connectivity index (χ3v) is 5.68. The molecule has 0 aliphatic heterocycles. The molecule has 0 bridgehead atoms. The monoisotopic (exact) mass is 432 g/mol. The van der Waals surface area contributed by atoms with Crippen molar-refractivity contribution in [2.45, 2.75) is 37.6 Å². The second kappa shape index (κ2) is 9.34. The van der Waals surface area contributed by atoms with Crippen LogP contribution in [0.3, 0.4) is 0 Å². The van der Waals surface area contributed by atoms with Crippen LogP contribution in [0.2, 0.25) is 10.0 Å². The number of pyridine rings is 1. The second-order valence-electron chi connectivity index (χ2n) is 7.05. The Kier molecular flexibility index (Phi) is 6.83. The number of amides is 1. The summed E-state index contributed by atoms with van der Waals surface area (Å²) in [5, 5.41) is 13.5. The number of carbonyl (C=O) groups excluding carboxylic acids is 1. The van der Waals surface area contributed by atoms with Gasteiger partial charge in [0.25, 0.3) is 0 Å². The van der Waals surface area contributed by atoms with E-state index in [2.05, 4.69) is 16.4 Å². The Morgan fingerprint density at radius 3 is 2.72 bits per heavy atom. The van der Waals surface area contributed by atoms with Crippen LogP contribution < -0.4 is 10.1 Å². The Balaban J connectivity index is 1.69. The minimum Gasteiger partial charge on any atom is -0.435 e. The van der Waals surface area contributed by atoms with Crippen LogP contribution in [0.4, 0.5) is 5.69 Å². The molecule has 0 radical (unpaired) electrons. The Hall–Kier alpha value is -2.49. The van der Waals surface area contributed by atoms with Gasteiger partial charge in [-0.2, -0.15) is 5.26 Å². The van der Waals surface area contributed by atoms with Crippen molar-refractivity contribution >= 4 is 34.8 Å². The zero-order chi connectivity index (χ0) is 20.9. The average molecular weight is 433 g/mol. The number of rotatable bonds is 6. The fourth-order valence-corrected chi connectivity index (χ4v) is 3.89. The first-order valence-electron chi connectivity index (χ1n) is 9.45. The van der Waals surface area contributed by atoms with Crippen LogP contribution >= 0.6 is 23.2 Å². The van der Waals surface area contributed by atoms with Crippen molar-refractivity contribution in [3.8, 4) is 17.7 Å². The zero-order valence-corrected chi connectivity index (χ0v) is 17.6. The summed E-state index contributed by atoms with van der Waals surface area (Å²) >= 11 is 12.0. The van der Waals surface area contributed by atoms with Crippen LogP contribution in [0.25, 0.3) is 0 Å². The molecule has 1 fully saturated rings. The molecule has 1 N–H and O–H groups in total. The highest BCUT2D eigenvalue weighted by Gasteiger charge is 2.38. The normalized spacial score (nSPS) is 15.2. The van der Waals surface area contributed by atoms with Gasteiger partial charge in [0.1, 0.15) is 10.6 Å². The molecule has 8 heteroatoms. The molecule has 2 aromatic rings. The van der Waals surface area contributed by atoms with Gasteiger partial charge in [-0.1, -0.05) is 54.6 Å². The molecule has 0 atom stereocenters. The Morgan fingerprint density at radius 1 is 1.31 bits per heavy atom.